The molecule has 10 heteroatoms. The number of fused-ring (bicyclic) bond motifs is 1. The van der Waals surface area contributed by atoms with Gasteiger partial charge in [-0.25, -0.2) is 9.78 Å². The largest absolute Gasteiger partial charge is 0.481 e. The number of anilines is 2. The number of amides is 2. The highest BCUT2D eigenvalue weighted by Gasteiger charge is 2.27. The normalized spacial score (nSPS) is 11.3. The molecule has 0 atom stereocenters. The molecule has 2 aromatic carbocycles. The highest BCUT2D eigenvalue weighted by molar-refractivity contribution is 6.48. The summed E-state index contributed by atoms with van der Waals surface area (Å²) in [5.41, 5.74) is 2.75. The number of Topliss-reactive ketones (excluding diaryl/α,β-unsaturated/α-hetero) is 1. The van der Waals surface area contributed by atoms with Gasteiger partial charge in [0.15, 0.2) is 0 Å². The van der Waals surface area contributed by atoms with Crippen LogP contribution in [0.5, 0.6) is 5.88 Å². The van der Waals surface area contributed by atoms with E-state index in [9.17, 15) is 14.4 Å². The zero-order chi connectivity index (χ0) is 29.2. The van der Waals surface area contributed by atoms with E-state index in [0.717, 1.165) is 11.1 Å². The number of aromatic nitrogens is 2. The van der Waals surface area contributed by atoms with Crippen molar-refractivity contribution in [3.05, 3.63) is 82.6 Å². The van der Waals surface area contributed by atoms with Crippen molar-refractivity contribution in [1.29, 1.82) is 0 Å². The second-order valence-electron chi connectivity index (χ2n) is 10.3. The van der Waals surface area contributed by atoms with E-state index in [1.54, 1.807) is 65.1 Å². The number of nitrogens with one attached hydrogen (secondary N) is 1. The third-order valence-corrected chi connectivity index (χ3v) is 6.50. The van der Waals surface area contributed by atoms with Gasteiger partial charge in [-0.3, -0.25) is 14.5 Å². The van der Waals surface area contributed by atoms with Crippen molar-refractivity contribution in [2.24, 2.45) is 0 Å². The summed E-state index contributed by atoms with van der Waals surface area (Å²) in [7, 11) is 3.06. The van der Waals surface area contributed by atoms with Gasteiger partial charge in [0.05, 0.1) is 12.7 Å². The molecule has 1 N–H and O–H groups in total. The lowest BCUT2D eigenvalue weighted by Gasteiger charge is -2.24. The lowest BCUT2D eigenvalue weighted by Crippen LogP contribution is -2.34. The average Bonchev–Trinajstić information content (AvgIpc) is 3.18. The van der Waals surface area contributed by atoms with Crippen LogP contribution in [0.15, 0.2) is 60.8 Å². The number of hydrogen-bond acceptors (Lipinski definition) is 6. The minimum Gasteiger partial charge on any atom is -0.481 e. The summed E-state index contributed by atoms with van der Waals surface area (Å²) >= 11 is 6.07. The fraction of sp³-hybridized carbons (Fsp3) is 0.267. The molecule has 2 amide bonds. The summed E-state index contributed by atoms with van der Waals surface area (Å²) in [6, 6.07) is 15.8. The second kappa shape index (κ2) is 11.4. The Morgan fingerprint density at radius 1 is 1.05 bits per heavy atom. The first-order valence-corrected chi connectivity index (χ1v) is 13.0. The van der Waals surface area contributed by atoms with Gasteiger partial charge < -0.3 is 19.4 Å². The van der Waals surface area contributed by atoms with Crippen LogP contribution >= 0.6 is 11.6 Å². The SMILES string of the molecule is COc1cc(NC(=O)C(=O)c2c(C)n(Cc3ccc(Cl)cc3)c3ccc(N(C)C(=O)OC(C)(C)C)cc23)ccn1. The number of ether oxygens (including phenoxy) is 2. The van der Waals surface area contributed by atoms with Crippen molar-refractivity contribution < 1.29 is 23.9 Å². The van der Waals surface area contributed by atoms with E-state index in [-0.39, 0.29) is 5.56 Å². The first kappa shape index (κ1) is 28.6. The fourth-order valence-electron chi connectivity index (χ4n) is 4.28. The van der Waals surface area contributed by atoms with Crippen molar-refractivity contribution in [2.45, 2.75) is 39.8 Å². The standard InChI is InChI=1S/C30H31ClN4O5/c1-18-26(27(36)28(37)33-21-13-14-32-25(15-21)39-6)23-16-22(34(5)29(38)40-30(2,3)4)11-12-24(23)35(18)17-19-7-9-20(31)10-8-19/h7-16H,17H2,1-6H3,(H,32,33,37). The van der Waals surface area contributed by atoms with E-state index in [2.05, 4.69) is 10.3 Å². The predicted molar refractivity (Wildman–Crippen MR) is 156 cm³/mol. The first-order chi connectivity index (χ1) is 18.9. The van der Waals surface area contributed by atoms with Crippen LogP contribution in [0.1, 0.15) is 42.4 Å². The van der Waals surface area contributed by atoms with E-state index in [0.29, 0.717) is 39.9 Å². The van der Waals surface area contributed by atoms with Crippen molar-refractivity contribution in [2.75, 3.05) is 24.4 Å². The molecule has 0 saturated carbocycles. The molecule has 0 unspecified atom stereocenters. The lowest BCUT2D eigenvalue weighted by atomic mass is 10.1. The minimum atomic E-state index is -0.812. The molecule has 0 bridgehead atoms. The Morgan fingerprint density at radius 2 is 1.75 bits per heavy atom. The van der Waals surface area contributed by atoms with Gasteiger partial charge >= 0.3 is 6.09 Å². The number of methoxy groups -OCH3 is 1. The number of ketones is 1. The Hall–Kier alpha value is -4.37. The molecule has 0 fully saturated rings. The lowest BCUT2D eigenvalue weighted by molar-refractivity contribution is -0.112. The van der Waals surface area contributed by atoms with Crippen LogP contribution < -0.4 is 15.0 Å². The topological polar surface area (TPSA) is 103 Å². The number of carbonyl (C=O) groups is 3. The second-order valence-corrected chi connectivity index (χ2v) is 10.7. The summed E-state index contributed by atoms with van der Waals surface area (Å²) in [6.45, 7) is 7.60. The molecular weight excluding hydrogens is 532 g/mol. The van der Waals surface area contributed by atoms with Gasteiger partial charge in [-0.05, 0) is 69.7 Å². The quantitative estimate of drug-likeness (QED) is 0.211. The van der Waals surface area contributed by atoms with Gasteiger partial charge in [0.25, 0.3) is 11.7 Å². The maximum absolute atomic E-state index is 13.7. The molecule has 40 heavy (non-hydrogen) atoms. The Balaban J connectivity index is 1.78. The smallest absolute Gasteiger partial charge is 0.414 e. The summed E-state index contributed by atoms with van der Waals surface area (Å²) in [5.74, 6) is -1.23. The van der Waals surface area contributed by atoms with Gasteiger partial charge in [0.1, 0.15) is 5.60 Å². The zero-order valence-electron chi connectivity index (χ0n) is 23.2. The van der Waals surface area contributed by atoms with Crippen LogP contribution in [-0.4, -0.2) is 47.1 Å². The van der Waals surface area contributed by atoms with Gasteiger partial charge in [-0.1, -0.05) is 23.7 Å². The van der Waals surface area contributed by atoms with E-state index in [1.165, 1.54) is 24.3 Å². The van der Waals surface area contributed by atoms with E-state index in [1.807, 2.05) is 22.8 Å². The predicted octanol–water partition coefficient (Wildman–Crippen LogP) is 6.25. The van der Waals surface area contributed by atoms with Gasteiger partial charge in [-0.2, -0.15) is 0 Å². The molecule has 9 nitrogen and oxygen atoms in total. The number of halogens is 1. The molecule has 2 heterocycles. The Bertz CT molecular complexity index is 1590. The zero-order valence-corrected chi connectivity index (χ0v) is 24.0. The number of benzene rings is 2. The maximum atomic E-state index is 13.7. The summed E-state index contributed by atoms with van der Waals surface area (Å²) in [5, 5.41) is 3.79. The molecule has 0 aliphatic carbocycles. The molecule has 0 aliphatic rings. The first-order valence-electron chi connectivity index (χ1n) is 12.6. The number of nitrogens with zero attached hydrogens (tertiary/aromatic N) is 3. The van der Waals surface area contributed by atoms with Crippen LogP contribution in [0.3, 0.4) is 0 Å². The van der Waals surface area contributed by atoms with Crippen LogP contribution in [0.4, 0.5) is 16.2 Å². The molecule has 0 radical (unpaired) electrons. The van der Waals surface area contributed by atoms with Gasteiger partial charge in [0, 0.05) is 58.8 Å². The van der Waals surface area contributed by atoms with Crippen LogP contribution in [0.2, 0.25) is 5.02 Å². The molecule has 0 saturated heterocycles. The molecule has 0 aliphatic heterocycles. The van der Waals surface area contributed by atoms with Crippen LogP contribution in [0.25, 0.3) is 10.9 Å². The van der Waals surface area contributed by atoms with Crippen molar-refractivity contribution >= 4 is 51.7 Å². The van der Waals surface area contributed by atoms with Gasteiger partial charge in [0.2, 0.25) is 5.88 Å². The maximum Gasteiger partial charge on any atom is 0.414 e. The molecule has 2 aromatic heterocycles. The molecule has 4 aromatic rings. The van der Waals surface area contributed by atoms with Crippen molar-refractivity contribution in [3.8, 4) is 5.88 Å². The Kier molecular flexibility index (Phi) is 8.16. The third kappa shape index (κ3) is 6.26. The van der Waals surface area contributed by atoms with Crippen molar-refractivity contribution in [1.82, 2.24) is 9.55 Å². The van der Waals surface area contributed by atoms with E-state index >= 15 is 0 Å². The van der Waals surface area contributed by atoms with Crippen LogP contribution in [-0.2, 0) is 16.1 Å². The molecule has 0 spiro atoms. The molecular formula is C30H31ClN4O5. The number of carbonyl (C=O) groups excluding carboxylic acids is 3. The monoisotopic (exact) mass is 562 g/mol. The highest BCUT2D eigenvalue weighted by atomic mass is 35.5. The molecule has 208 valence electrons. The van der Waals surface area contributed by atoms with E-state index < -0.39 is 23.4 Å². The number of rotatable bonds is 7. The minimum absolute atomic E-state index is 0.238. The summed E-state index contributed by atoms with van der Waals surface area (Å²) in [6.07, 6.45) is 0.933. The Labute approximate surface area is 237 Å². The molecule has 4 rings (SSSR count). The number of pyridine rings is 1. The summed E-state index contributed by atoms with van der Waals surface area (Å²) in [4.78, 5) is 45.0. The van der Waals surface area contributed by atoms with Crippen molar-refractivity contribution in [3.63, 3.8) is 0 Å². The summed E-state index contributed by atoms with van der Waals surface area (Å²) < 4.78 is 12.6. The van der Waals surface area contributed by atoms with E-state index in [4.69, 9.17) is 21.1 Å². The average molecular weight is 563 g/mol. The fourth-order valence-corrected chi connectivity index (χ4v) is 4.40. The number of hydrogen-bond donors (Lipinski definition) is 1. The highest BCUT2D eigenvalue weighted by Crippen LogP contribution is 2.32. The third-order valence-electron chi connectivity index (χ3n) is 6.25. The van der Waals surface area contributed by atoms with Crippen LogP contribution in [0, 0.1) is 6.92 Å². The Morgan fingerprint density at radius 3 is 2.40 bits per heavy atom. The van der Waals surface area contributed by atoms with Gasteiger partial charge in [-0.15, -0.1) is 0 Å².